The Morgan fingerprint density at radius 3 is 1.62 bits per heavy atom. The molecule has 0 fully saturated rings. The second-order valence-corrected chi connectivity index (χ2v) is 2.62. The summed E-state index contributed by atoms with van der Waals surface area (Å²) in [6, 6.07) is 0. The van der Waals surface area contributed by atoms with Crippen LogP contribution >= 0.6 is 25.3 Å². The Bertz CT molecular complexity index is 163. The van der Waals surface area contributed by atoms with Crippen molar-refractivity contribution >= 4 is 35.7 Å². The molecule has 0 saturated heterocycles. The first kappa shape index (κ1) is 19.2. The van der Waals surface area contributed by atoms with E-state index < -0.39 is 5.24 Å². The molecule has 0 unspecified atom stereocenters. The Hall–Kier alpha value is 0.640. The van der Waals surface area contributed by atoms with Crippen LogP contribution in [-0.4, -0.2) is 28.5 Å². The smallest absolute Gasteiger partial charge is 1.00 e. The van der Waals surface area contributed by atoms with Crippen LogP contribution < -0.4 is 35.3 Å². The van der Waals surface area contributed by atoms with Gasteiger partial charge < -0.3 is 12.1 Å². The fraction of sp³-hybridized carbons (Fsp3) is 0.667. The number of thiol groups is 2. The van der Waals surface area contributed by atoms with Gasteiger partial charge in [0.25, 0.3) is 10.5 Å². The fourth-order valence-electron chi connectivity index (χ4n) is 0.494. The Morgan fingerprint density at radius 2 is 1.62 bits per heavy atom. The molecule has 80 valence electrons. The van der Waals surface area contributed by atoms with E-state index in [1.807, 2.05) is 13.8 Å². The van der Waals surface area contributed by atoms with Gasteiger partial charge in [-0.05, 0) is 13.8 Å². The van der Waals surface area contributed by atoms with Crippen molar-refractivity contribution < 1.29 is 44.9 Å². The van der Waals surface area contributed by atoms with E-state index in [1.54, 1.807) is 4.90 Å². The third-order valence-electron chi connectivity index (χ3n) is 1.03. The van der Waals surface area contributed by atoms with Crippen molar-refractivity contribution in [1.82, 2.24) is 4.90 Å². The molecule has 0 spiro atoms. The van der Waals surface area contributed by atoms with Crippen molar-refractivity contribution in [3.8, 4) is 0 Å². The van der Waals surface area contributed by atoms with Gasteiger partial charge in [0.2, 0.25) is 0 Å². The van der Waals surface area contributed by atoms with E-state index in [2.05, 4.69) is 31.0 Å². The molecule has 0 aliphatic carbocycles. The maximum atomic E-state index is 10.4. The molecule has 2 N–H and O–H groups in total. The predicted molar refractivity (Wildman–Crippen MR) is 63.3 cm³/mol. The van der Waals surface area contributed by atoms with Crippen molar-refractivity contribution in [2.75, 3.05) is 13.1 Å². The van der Waals surface area contributed by atoms with Crippen LogP contribution in [0.25, 0.3) is 0 Å². The van der Waals surface area contributed by atoms with Crippen LogP contribution in [0.3, 0.4) is 0 Å². The van der Waals surface area contributed by atoms with Gasteiger partial charge in [0.15, 0.2) is 0 Å². The topological polar surface area (TPSA) is 63.4 Å². The molecule has 0 aliphatic rings. The molecule has 13 heavy (non-hydrogen) atoms. The summed E-state index contributed by atoms with van der Waals surface area (Å²) < 4.78 is 0. The number of rotatable bonds is 2. The minimum atomic E-state index is -0.639. The summed E-state index contributed by atoms with van der Waals surface area (Å²) in [5, 5.41) is -0.782. The van der Waals surface area contributed by atoms with Gasteiger partial charge in [0, 0.05) is 17.4 Å². The molecule has 0 radical (unpaired) electrons. The molecular weight excluding hydrogens is 219 g/mol. The first-order valence-corrected chi connectivity index (χ1v) is 4.31. The van der Waals surface area contributed by atoms with Crippen LogP contribution in [-0.2, 0) is 0 Å². The van der Waals surface area contributed by atoms with Gasteiger partial charge in [0.1, 0.15) is 0 Å². The van der Waals surface area contributed by atoms with E-state index in [9.17, 15) is 4.79 Å². The zero-order chi connectivity index (χ0) is 10.1. The third kappa shape index (κ3) is 19.2. The van der Waals surface area contributed by atoms with Crippen LogP contribution in [0.4, 0.5) is 9.59 Å². The SMILES string of the molecule is CCN(CC)C(=O)S.NC(=O)S.[H-].[HH].[HH].[HH].[Na+]. The standard InChI is InChI=1S/C5H11NOS.CH3NOS.Na.3H2.H/c1-3-6(4-2)5(7)8;2-1(3)4;;;;;/h3-4H2,1-2H3,(H,7,8);(H3,2,3,4);;3*1H;/q;;+1;;;;-1. The molecule has 0 aliphatic heterocycles. The van der Waals surface area contributed by atoms with E-state index in [0.29, 0.717) is 0 Å². The van der Waals surface area contributed by atoms with Gasteiger partial charge in [0.05, 0.1) is 0 Å². The summed E-state index contributed by atoms with van der Waals surface area (Å²) in [7, 11) is 0. The number of nitrogens with two attached hydrogens (primary N) is 1. The van der Waals surface area contributed by atoms with Gasteiger partial charge >= 0.3 is 29.6 Å². The van der Waals surface area contributed by atoms with E-state index in [0.717, 1.165) is 13.1 Å². The average Bonchev–Trinajstić information content (AvgIpc) is 1.87. The summed E-state index contributed by atoms with van der Waals surface area (Å²) in [5.41, 5.74) is 4.34. The molecule has 0 bridgehead atoms. The van der Waals surface area contributed by atoms with Crippen molar-refractivity contribution in [2.45, 2.75) is 13.8 Å². The predicted octanol–water partition coefficient (Wildman–Crippen LogP) is -0.773. The Labute approximate surface area is 118 Å². The maximum absolute atomic E-state index is 10.4. The molecule has 0 atom stereocenters. The van der Waals surface area contributed by atoms with Gasteiger partial charge in [-0.2, -0.15) is 0 Å². The zero-order valence-electron chi connectivity index (χ0n) is 9.15. The number of hydrogen-bond donors (Lipinski definition) is 3. The first-order valence-electron chi connectivity index (χ1n) is 3.41. The second kappa shape index (κ2) is 12.6. The van der Waals surface area contributed by atoms with Crippen molar-refractivity contribution in [3.05, 3.63) is 0 Å². The Balaban J connectivity index is -0.0000000202. The van der Waals surface area contributed by atoms with E-state index in [-0.39, 0.29) is 40.5 Å². The van der Waals surface area contributed by atoms with Crippen LogP contribution in [0, 0.1) is 0 Å². The molecular formula is C6H21N2NaO2S2. The fourth-order valence-corrected chi connectivity index (χ4v) is 0.777. The van der Waals surface area contributed by atoms with Crippen molar-refractivity contribution in [2.24, 2.45) is 5.73 Å². The largest absolute Gasteiger partial charge is 1.00 e. The Morgan fingerprint density at radius 1 is 1.38 bits per heavy atom. The minimum Gasteiger partial charge on any atom is -1.00 e. The molecule has 0 heterocycles. The van der Waals surface area contributed by atoms with Crippen LogP contribution in [0.5, 0.6) is 0 Å². The molecule has 4 nitrogen and oxygen atoms in total. The summed E-state index contributed by atoms with van der Waals surface area (Å²) in [6.45, 7) is 5.35. The maximum Gasteiger partial charge on any atom is 1.00 e. The molecule has 0 aromatic rings. The van der Waals surface area contributed by atoms with E-state index in [1.165, 1.54) is 0 Å². The molecule has 0 saturated carbocycles. The number of nitrogens with zero attached hydrogens (tertiary/aromatic N) is 1. The van der Waals surface area contributed by atoms with Crippen LogP contribution in [0.15, 0.2) is 0 Å². The summed E-state index contributed by atoms with van der Waals surface area (Å²) in [6.07, 6.45) is 0. The monoisotopic (exact) mass is 240 g/mol. The molecule has 0 aromatic carbocycles. The van der Waals surface area contributed by atoms with E-state index >= 15 is 0 Å². The number of primary amides is 1. The van der Waals surface area contributed by atoms with Crippen molar-refractivity contribution in [3.63, 3.8) is 0 Å². The average molecular weight is 240 g/mol. The zero-order valence-corrected chi connectivity index (χ0v) is 11.9. The second-order valence-electron chi connectivity index (χ2n) is 1.79. The minimum absolute atomic E-state index is 0. The molecule has 0 rings (SSSR count). The van der Waals surface area contributed by atoms with Gasteiger partial charge in [-0.1, -0.05) is 25.3 Å². The van der Waals surface area contributed by atoms with Crippen LogP contribution in [0.1, 0.15) is 19.6 Å². The number of hydrogen-bond acceptors (Lipinski definition) is 2. The van der Waals surface area contributed by atoms with Gasteiger partial charge in [-0.15, -0.1) is 0 Å². The number of amides is 2. The molecule has 7 heteroatoms. The van der Waals surface area contributed by atoms with Crippen molar-refractivity contribution in [1.29, 1.82) is 0 Å². The number of carbonyl (C=O) groups excluding carboxylic acids is 2. The normalized spacial score (nSPS) is 7.38. The Kier molecular flexibility index (Phi) is 18.7. The summed E-state index contributed by atoms with van der Waals surface area (Å²) in [5.74, 6) is 0. The molecule has 0 aromatic heterocycles. The summed E-state index contributed by atoms with van der Waals surface area (Å²) in [4.78, 5) is 21.1. The molecule has 2 amide bonds. The quantitative estimate of drug-likeness (QED) is 0.438. The van der Waals surface area contributed by atoms with Gasteiger partial charge in [-0.3, -0.25) is 9.59 Å². The summed E-state index contributed by atoms with van der Waals surface area (Å²) >= 11 is 6.75. The van der Waals surface area contributed by atoms with E-state index in [4.69, 9.17) is 4.79 Å². The number of carbonyl (C=O) groups is 2. The first-order chi connectivity index (χ1) is 5.45. The van der Waals surface area contributed by atoms with Crippen LogP contribution in [0.2, 0.25) is 0 Å². The third-order valence-corrected chi connectivity index (χ3v) is 1.32. The van der Waals surface area contributed by atoms with Gasteiger partial charge in [-0.25, -0.2) is 0 Å².